The largest absolute Gasteiger partial charge is 0.377 e. The molecule has 1 aliphatic rings. The zero-order chi connectivity index (χ0) is 13.8. The maximum atomic E-state index is 13.6. The van der Waals surface area contributed by atoms with Crippen LogP contribution in [0.1, 0.15) is 12.8 Å². The Morgan fingerprint density at radius 2 is 2.26 bits per heavy atom. The maximum Gasteiger partial charge on any atom is 0.295 e. The van der Waals surface area contributed by atoms with Crippen molar-refractivity contribution in [1.29, 1.82) is 0 Å². The molecule has 0 amide bonds. The molecule has 1 saturated heterocycles. The van der Waals surface area contributed by atoms with Crippen LogP contribution in [0.3, 0.4) is 0 Å². The number of hydrogen-bond donors (Lipinski definition) is 2. The monoisotopic (exact) mass is 271 g/mol. The van der Waals surface area contributed by atoms with Crippen molar-refractivity contribution < 1.29 is 13.7 Å². The second kappa shape index (κ2) is 5.92. The number of nitrogens with zero attached hydrogens (tertiary/aromatic N) is 1. The van der Waals surface area contributed by atoms with Gasteiger partial charge >= 0.3 is 0 Å². The standard InChI is InChI=1S/C12H15F2N3O2/c13-9-1-2-10(17(18)19)12(11(9)14)16-6-4-8-3-5-15-7-8/h1-2,8,15-16H,3-7H2. The highest BCUT2D eigenvalue weighted by molar-refractivity contribution is 5.62. The molecule has 0 spiro atoms. The molecule has 0 saturated carbocycles. The lowest BCUT2D eigenvalue weighted by atomic mass is 10.1. The van der Waals surface area contributed by atoms with Crippen LogP contribution >= 0.6 is 0 Å². The third kappa shape index (κ3) is 3.17. The zero-order valence-corrected chi connectivity index (χ0v) is 10.3. The first-order valence-electron chi connectivity index (χ1n) is 6.16. The lowest BCUT2D eigenvalue weighted by molar-refractivity contribution is -0.384. The summed E-state index contributed by atoms with van der Waals surface area (Å²) in [6, 6.07) is 1.73. The van der Waals surface area contributed by atoms with E-state index in [0.29, 0.717) is 12.5 Å². The van der Waals surface area contributed by atoms with E-state index in [1.165, 1.54) is 0 Å². The highest BCUT2D eigenvalue weighted by Crippen LogP contribution is 2.29. The molecule has 1 unspecified atom stereocenters. The number of benzene rings is 1. The molecule has 0 bridgehead atoms. The van der Waals surface area contributed by atoms with Gasteiger partial charge in [0.05, 0.1) is 4.92 Å². The van der Waals surface area contributed by atoms with Gasteiger partial charge in [-0.05, 0) is 37.9 Å². The average molecular weight is 271 g/mol. The fraction of sp³-hybridized carbons (Fsp3) is 0.500. The molecule has 2 rings (SSSR count). The molecular formula is C12H15F2N3O2. The molecule has 1 fully saturated rings. The van der Waals surface area contributed by atoms with Crippen LogP contribution in [0, 0.1) is 27.7 Å². The maximum absolute atomic E-state index is 13.6. The Hall–Kier alpha value is -1.76. The van der Waals surface area contributed by atoms with E-state index in [4.69, 9.17) is 0 Å². The molecule has 2 N–H and O–H groups in total. The first-order chi connectivity index (χ1) is 9.09. The smallest absolute Gasteiger partial charge is 0.295 e. The van der Waals surface area contributed by atoms with E-state index in [1.54, 1.807) is 0 Å². The Morgan fingerprint density at radius 3 is 2.89 bits per heavy atom. The minimum atomic E-state index is -1.20. The first-order valence-corrected chi connectivity index (χ1v) is 6.16. The van der Waals surface area contributed by atoms with Crippen molar-refractivity contribution in [3.63, 3.8) is 0 Å². The second-order valence-corrected chi connectivity index (χ2v) is 4.59. The summed E-state index contributed by atoms with van der Waals surface area (Å²) >= 11 is 0. The zero-order valence-electron chi connectivity index (χ0n) is 10.3. The summed E-state index contributed by atoms with van der Waals surface area (Å²) in [5, 5.41) is 16.6. The van der Waals surface area contributed by atoms with Crippen LogP contribution in [0.4, 0.5) is 20.2 Å². The molecule has 5 nitrogen and oxygen atoms in total. The molecular weight excluding hydrogens is 256 g/mol. The van der Waals surface area contributed by atoms with Crippen LogP contribution < -0.4 is 10.6 Å². The highest BCUT2D eigenvalue weighted by atomic mass is 19.2. The lowest BCUT2D eigenvalue weighted by Crippen LogP contribution is -2.14. The Bertz CT molecular complexity index is 476. The van der Waals surface area contributed by atoms with Crippen molar-refractivity contribution in [2.75, 3.05) is 25.0 Å². The number of halogens is 2. The van der Waals surface area contributed by atoms with Gasteiger partial charge in [-0.3, -0.25) is 10.1 Å². The van der Waals surface area contributed by atoms with Crippen LogP contribution in [0.25, 0.3) is 0 Å². The van der Waals surface area contributed by atoms with Crippen molar-refractivity contribution in [3.8, 4) is 0 Å². The number of rotatable bonds is 5. The number of nitro benzene ring substituents is 1. The van der Waals surface area contributed by atoms with Gasteiger partial charge in [0.2, 0.25) is 0 Å². The molecule has 1 heterocycles. The SMILES string of the molecule is O=[N+]([O-])c1ccc(F)c(F)c1NCCC1CCNC1. The van der Waals surface area contributed by atoms with Gasteiger partial charge in [-0.2, -0.15) is 0 Å². The van der Waals surface area contributed by atoms with Gasteiger partial charge in [0.1, 0.15) is 0 Å². The van der Waals surface area contributed by atoms with E-state index >= 15 is 0 Å². The summed E-state index contributed by atoms with van der Waals surface area (Å²) in [6.07, 6.45) is 1.80. The predicted molar refractivity (Wildman–Crippen MR) is 67.1 cm³/mol. The van der Waals surface area contributed by atoms with Crippen molar-refractivity contribution in [1.82, 2.24) is 5.32 Å². The number of nitrogens with one attached hydrogen (secondary N) is 2. The summed E-state index contributed by atoms with van der Waals surface area (Å²) < 4.78 is 26.7. The second-order valence-electron chi connectivity index (χ2n) is 4.59. The van der Waals surface area contributed by atoms with Crippen LogP contribution in [0.2, 0.25) is 0 Å². The Morgan fingerprint density at radius 1 is 1.47 bits per heavy atom. The van der Waals surface area contributed by atoms with Crippen LogP contribution in [-0.4, -0.2) is 24.6 Å². The van der Waals surface area contributed by atoms with Gasteiger partial charge < -0.3 is 10.6 Å². The topological polar surface area (TPSA) is 67.2 Å². The van der Waals surface area contributed by atoms with Gasteiger partial charge in [0.25, 0.3) is 5.69 Å². The van der Waals surface area contributed by atoms with Crippen molar-refractivity contribution in [3.05, 3.63) is 33.9 Å². The summed E-state index contributed by atoms with van der Waals surface area (Å²) in [5.41, 5.74) is -0.806. The molecule has 0 aliphatic carbocycles. The Balaban J connectivity index is 2.05. The number of anilines is 1. The summed E-state index contributed by atoms with van der Waals surface area (Å²) in [7, 11) is 0. The van der Waals surface area contributed by atoms with E-state index in [0.717, 1.165) is 38.1 Å². The van der Waals surface area contributed by atoms with Crippen molar-refractivity contribution >= 4 is 11.4 Å². The van der Waals surface area contributed by atoms with Gasteiger partial charge in [-0.25, -0.2) is 8.78 Å². The fourth-order valence-corrected chi connectivity index (χ4v) is 2.22. The Labute approximate surface area is 109 Å². The molecule has 0 aromatic heterocycles. The average Bonchev–Trinajstić information content (AvgIpc) is 2.87. The third-order valence-electron chi connectivity index (χ3n) is 3.29. The van der Waals surface area contributed by atoms with E-state index < -0.39 is 22.2 Å². The molecule has 0 radical (unpaired) electrons. The minimum absolute atomic E-state index is 0.365. The van der Waals surface area contributed by atoms with Crippen LogP contribution in [-0.2, 0) is 0 Å². The lowest BCUT2D eigenvalue weighted by Gasteiger charge is -2.11. The molecule has 7 heteroatoms. The van der Waals surface area contributed by atoms with Crippen molar-refractivity contribution in [2.45, 2.75) is 12.8 Å². The fourth-order valence-electron chi connectivity index (χ4n) is 2.22. The van der Waals surface area contributed by atoms with Crippen LogP contribution in [0.5, 0.6) is 0 Å². The summed E-state index contributed by atoms with van der Waals surface area (Å²) in [4.78, 5) is 10.1. The Kier molecular flexibility index (Phi) is 4.26. The van der Waals surface area contributed by atoms with Crippen LogP contribution in [0.15, 0.2) is 12.1 Å². The molecule has 1 aliphatic heterocycles. The van der Waals surface area contributed by atoms with Crippen molar-refractivity contribution in [2.24, 2.45) is 5.92 Å². The number of hydrogen-bond acceptors (Lipinski definition) is 4. The predicted octanol–water partition coefficient (Wildman–Crippen LogP) is 2.28. The van der Waals surface area contributed by atoms with E-state index in [9.17, 15) is 18.9 Å². The highest BCUT2D eigenvalue weighted by Gasteiger charge is 2.22. The van der Waals surface area contributed by atoms with Gasteiger partial charge in [0, 0.05) is 12.6 Å². The van der Waals surface area contributed by atoms with Gasteiger partial charge in [0.15, 0.2) is 17.3 Å². The molecule has 19 heavy (non-hydrogen) atoms. The third-order valence-corrected chi connectivity index (χ3v) is 3.29. The summed E-state index contributed by atoms with van der Waals surface area (Å²) in [6.45, 7) is 2.24. The normalized spacial score (nSPS) is 18.5. The molecule has 1 aromatic carbocycles. The van der Waals surface area contributed by atoms with Gasteiger partial charge in [-0.1, -0.05) is 0 Å². The summed E-state index contributed by atoms with van der Waals surface area (Å²) in [5.74, 6) is -1.81. The number of nitro groups is 1. The quantitative estimate of drug-likeness (QED) is 0.637. The van der Waals surface area contributed by atoms with E-state index in [-0.39, 0.29) is 5.69 Å². The van der Waals surface area contributed by atoms with Gasteiger partial charge in [-0.15, -0.1) is 0 Å². The molecule has 1 aromatic rings. The van der Waals surface area contributed by atoms with E-state index in [1.807, 2.05) is 0 Å². The molecule has 104 valence electrons. The molecule has 1 atom stereocenters. The first kappa shape index (κ1) is 13.7. The minimum Gasteiger partial charge on any atom is -0.377 e. The van der Waals surface area contributed by atoms with E-state index in [2.05, 4.69) is 10.6 Å².